The van der Waals surface area contributed by atoms with Gasteiger partial charge in [0.05, 0.1) is 19.2 Å². The van der Waals surface area contributed by atoms with Gasteiger partial charge in [-0.25, -0.2) is 4.79 Å². The Kier molecular flexibility index (Phi) is 9.94. The van der Waals surface area contributed by atoms with Crippen molar-refractivity contribution in [1.82, 2.24) is 9.80 Å². The van der Waals surface area contributed by atoms with E-state index >= 15 is 0 Å². The van der Waals surface area contributed by atoms with Crippen molar-refractivity contribution in [2.75, 3.05) is 20.8 Å². The third-order valence-corrected chi connectivity index (χ3v) is 10.1. The Morgan fingerprint density at radius 1 is 0.889 bits per heavy atom. The summed E-state index contributed by atoms with van der Waals surface area (Å²) >= 11 is 8.26. The van der Waals surface area contributed by atoms with E-state index in [1.54, 1.807) is 19.1 Å². The third kappa shape index (κ3) is 7.39. The summed E-state index contributed by atoms with van der Waals surface area (Å²) in [5, 5.41) is 11.4. The van der Waals surface area contributed by atoms with Crippen LogP contribution in [0.1, 0.15) is 61.7 Å². The summed E-state index contributed by atoms with van der Waals surface area (Å²) in [6.45, 7) is 6.95. The number of carbonyl (C=O) groups excluding carboxylic acids is 1. The fourth-order valence-corrected chi connectivity index (χ4v) is 7.71. The molecule has 0 saturated heterocycles. The van der Waals surface area contributed by atoms with Crippen molar-refractivity contribution in [1.29, 1.82) is 0 Å². The zero-order valence-corrected chi connectivity index (χ0v) is 28.1. The van der Waals surface area contributed by atoms with Crippen molar-refractivity contribution in [2.45, 2.75) is 65.1 Å². The van der Waals surface area contributed by atoms with Gasteiger partial charge >= 0.3 is 6.09 Å². The summed E-state index contributed by atoms with van der Waals surface area (Å²) in [6.07, 6.45) is 1.85. The van der Waals surface area contributed by atoms with Crippen LogP contribution in [-0.4, -0.2) is 59.8 Å². The first-order valence-corrected chi connectivity index (χ1v) is 16.5. The van der Waals surface area contributed by atoms with Gasteiger partial charge in [0, 0.05) is 40.8 Å². The number of carbonyl (C=O) groups is 2. The molecule has 1 fully saturated rings. The molecule has 0 unspecified atom stereocenters. The number of methoxy groups -OCH3 is 2. The van der Waals surface area contributed by atoms with E-state index in [9.17, 15) is 14.7 Å². The lowest BCUT2D eigenvalue weighted by Gasteiger charge is -2.41. The predicted molar refractivity (Wildman–Crippen MR) is 182 cm³/mol. The molecule has 1 aromatic heterocycles. The van der Waals surface area contributed by atoms with E-state index in [4.69, 9.17) is 21.1 Å². The molecule has 0 spiro atoms. The molecule has 0 bridgehead atoms. The van der Waals surface area contributed by atoms with Crippen LogP contribution in [-0.2, 0) is 6.54 Å². The summed E-state index contributed by atoms with van der Waals surface area (Å²) in [6, 6.07) is 21.5. The van der Waals surface area contributed by atoms with Crippen molar-refractivity contribution < 1.29 is 24.2 Å². The van der Waals surface area contributed by atoms with E-state index in [1.165, 1.54) is 11.3 Å². The van der Waals surface area contributed by atoms with Gasteiger partial charge in [-0.05, 0) is 72.6 Å². The van der Waals surface area contributed by atoms with E-state index in [1.807, 2.05) is 65.6 Å². The van der Waals surface area contributed by atoms with Gasteiger partial charge in [0.1, 0.15) is 16.4 Å². The highest BCUT2D eigenvalue weighted by Gasteiger charge is 2.36. The van der Waals surface area contributed by atoms with Crippen molar-refractivity contribution >= 4 is 45.0 Å². The molecule has 5 rings (SSSR count). The number of ether oxygens (including phenoxy) is 2. The van der Waals surface area contributed by atoms with Crippen molar-refractivity contribution in [3.8, 4) is 22.6 Å². The topological polar surface area (TPSA) is 79.3 Å². The molecule has 7 nitrogen and oxygen atoms in total. The van der Waals surface area contributed by atoms with Gasteiger partial charge in [-0.15, -0.1) is 11.3 Å². The highest BCUT2D eigenvalue weighted by atomic mass is 35.5. The molecular formula is C36H41ClN2O5S. The Morgan fingerprint density at radius 3 is 2.09 bits per heavy atom. The van der Waals surface area contributed by atoms with Gasteiger partial charge in [-0.2, -0.15) is 0 Å². The highest BCUT2D eigenvalue weighted by molar-refractivity contribution is 7.21. The average molecular weight is 649 g/mol. The van der Waals surface area contributed by atoms with Crippen LogP contribution in [0.25, 0.3) is 21.2 Å². The molecule has 9 heteroatoms. The van der Waals surface area contributed by atoms with E-state index in [2.05, 4.69) is 26.8 Å². The zero-order valence-electron chi connectivity index (χ0n) is 26.5. The van der Waals surface area contributed by atoms with Gasteiger partial charge in [-0.3, -0.25) is 4.79 Å². The summed E-state index contributed by atoms with van der Waals surface area (Å²) < 4.78 is 12.1. The lowest BCUT2D eigenvalue weighted by Crippen LogP contribution is -2.49. The number of halogens is 1. The fraction of sp³-hybridized carbons (Fsp3) is 0.389. The molecule has 0 radical (unpaired) electrons. The van der Waals surface area contributed by atoms with Crippen LogP contribution in [0, 0.1) is 5.41 Å². The van der Waals surface area contributed by atoms with Crippen LogP contribution in [0.5, 0.6) is 11.5 Å². The largest absolute Gasteiger partial charge is 0.497 e. The smallest absolute Gasteiger partial charge is 0.407 e. The number of carboxylic acid groups (broad SMARTS) is 1. The Labute approximate surface area is 274 Å². The standard InChI is InChI=1S/C36H41ClN2O5S/c1-36(2,3)22-39(35(41)42)27-15-13-26(14-16-27)38(34(40)33-32(37)29-8-6-7-9-31(29)45-33)21-25-20-24(12-19-30(25)44-5)23-10-17-28(43-4)18-11-23/h6-12,17-20,26-27H,13-16,21-22H2,1-5H3,(H,41,42). The first-order valence-electron chi connectivity index (χ1n) is 15.3. The number of hydrogen-bond donors (Lipinski definition) is 1. The number of nitrogens with zero attached hydrogens (tertiary/aromatic N) is 2. The number of thiophene rings is 1. The summed E-state index contributed by atoms with van der Waals surface area (Å²) in [7, 11) is 3.29. The average Bonchev–Trinajstić information content (AvgIpc) is 3.38. The molecule has 0 aliphatic heterocycles. The number of benzene rings is 3. The molecule has 4 aromatic rings. The first-order chi connectivity index (χ1) is 21.5. The molecule has 45 heavy (non-hydrogen) atoms. The number of amides is 2. The fourth-order valence-electron chi connectivity index (χ4n) is 6.24. The number of rotatable bonds is 9. The number of fused-ring (bicyclic) bond motifs is 1. The zero-order chi connectivity index (χ0) is 32.3. The van der Waals surface area contributed by atoms with E-state index in [0.29, 0.717) is 54.4 Å². The van der Waals surface area contributed by atoms with Crippen LogP contribution in [0.2, 0.25) is 5.02 Å². The molecule has 1 N–H and O–H groups in total. The normalized spacial score (nSPS) is 16.8. The first kappa shape index (κ1) is 32.6. The minimum atomic E-state index is -0.890. The second-order valence-electron chi connectivity index (χ2n) is 12.9. The minimum absolute atomic E-state index is 0.0872. The van der Waals surface area contributed by atoms with Gasteiger partial charge in [0.2, 0.25) is 0 Å². The maximum Gasteiger partial charge on any atom is 0.407 e. The monoisotopic (exact) mass is 648 g/mol. The van der Waals surface area contributed by atoms with Crippen LogP contribution >= 0.6 is 22.9 Å². The summed E-state index contributed by atoms with van der Waals surface area (Å²) in [5.41, 5.74) is 2.76. The van der Waals surface area contributed by atoms with Gasteiger partial charge < -0.3 is 24.4 Å². The van der Waals surface area contributed by atoms with Crippen molar-refractivity contribution in [3.63, 3.8) is 0 Å². The predicted octanol–water partition coefficient (Wildman–Crippen LogP) is 9.22. The quantitative estimate of drug-likeness (QED) is 0.196. The highest BCUT2D eigenvalue weighted by Crippen LogP contribution is 2.39. The maximum absolute atomic E-state index is 14.5. The molecule has 0 atom stereocenters. The van der Waals surface area contributed by atoms with Gasteiger partial charge in [0.25, 0.3) is 5.91 Å². The van der Waals surface area contributed by atoms with E-state index in [-0.39, 0.29) is 23.4 Å². The van der Waals surface area contributed by atoms with E-state index < -0.39 is 6.09 Å². The van der Waals surface area contributed by atoms with Crippen LogP contribution in [0.4, 0.5) is 4.79 Å². The summed E-state index contributed by atoms with van der Waals surface area (Å²) in [4.78, 5) is 30.7. The Morgan fingerprint density at radius 2 is 1.51 bits per heavy atom. The lowest BCUT2D eigenvalue weighted by molar-refractivity contribution is 0.0492. The van der Waals surface area contributed by atoms with Crippen LogP contribution in [0.3, 0.4) is 0 Å². The molecule has 238 valence electrons. The SMILES string of the molecule is COc1ccc(-c2ccc(OC)c(CN(C(=O)c3sc4ccccc4c3Cl)C3CCC(N(CC(C)(C)C)C(=O)O)CC3)c2)cc1. The molecule has 1 heterocycles. The molecule has 2 amide bonds. The minimum Gasteiger partial charge on any atom is -0.497 e. The third-order valence-electron chi connectivity index (χ3n) is 8.47. The molecular weight excluding hydrogens is 608 g/mol. The van der Waals surface area contributed by atoms with Gasteiger partial charge in [-0.1, -0.05) is 68.8 Å². The van der Waals surface area contributed by atoms with E-state index in [0.717, 1.165) is 32.5 Å². The molecule has 1 aliphatic rings. The van der Waals surface area contributed by atoms with Crippen LogP contribution in [0.15, 0.2) is 66.7 Å². The Balaban J connectivity index is 1.48. The second-order valence-corrected chi connectivity index (χ2v) is 14.3. The lowest BCUT2D eigenvalue weighted by atomic mass is 9.87. The molecule has 1 saturated carbocycles. The Hall–Kier alpha value is -3.75. The van der Waals surface area contributed by atoms with Crippen molar-refractivity contribution in [3.05, 3.63) is 82.2 Å². The second kappa shape index (κ2) is 13.7. The molecule has 1 aliphatic carbocycles. The summed E-state index contributed by atoms with van der Waals surface area (Å²) in [5.74, 6) is 1.36. The molecule has 3 aromatic carbocycles. The number of hydrogen-bond acceptors (Lipinski definition) is 5. The Bertz CT molecular complexity index is 1650. The van der Waals surface area contributed by atoms with Gasteiger partial charge in [0.15, 0.2) is 0 Å². The maximum atomic E-state index is 14.5. The van der Waals surface area contributed by atoms with Crippen molar-refractivity contribution in [2.24, 2.45) is 5.41 Å². The van der Waals surface area contributed by atoms with Crippen LogP contribution < -0.4 is 9.47 Å².